The molecule has 0 fully saturated rings. The number of anilines is 1. The third-order valence-corrected chi connectivity index (χ3v) is 3.87. The van der Waals surface area contributed by atoms with Crippen LogP contribution in [0.1, 0.15) is 44.0 Å². The van der Waals surface area contributed by atoms with Crippen molar-refractivity contribution < 1.29 is 27.8 Å². The molecule has 0 aliphatic heterocycles. The van der Waals surface area contributed by atoms with Gasteiger partial charge in [0.25, 0.3) is 5.91 Å². The molecule has 0 atom stereocenters. The highest BCUT2D eigenvalue weighted by atomic mass is 19.1. The average Bonchev–Trinajstić information content (AvgIpc) is 2.69. The van der Waals surface area contributed by atoms with Gasteiger partial charge in [-0.2, -0.15) is 0 Å². The van der Waals surface area contributed by atoms with E-state index in [2.05, 4.69) is 5.32 Å². The lowest BCUT2D eigenvalue weighted by Gasteiger charge is -2.19. The van der Waals surface area contributed by atoms with Gasteiger partial charge in [0.1, 0.15) is 23.8 Å². The van der Waals surface area contributed by atoms with Crippen molar-refractivity contribution in [2.75, 3.05) is 11.9 Å². The number of rotatable bonds is 8. The van der Waals surface area contributed by atoms with E-state index in [0.717, 1.165) is 0 Å². The molecule has 30 heavy (non-hydrogen) atoms. The molecule has 0 aliphatic rings. The van der Waals surface area contributed by atoms with Gasteiger partial charge in [0.15, 0.2) is 0 Å². The van der Waals surface area contributed by atoms with Crippen molar-refractivity contribution in [3.05, 3.63) is 71.8 Å². The summed E-state index contributed by atoms with van der Waals surface area (Å²) in [6.45, 7) is 5.27. The highest BCUT2D eigenvalue weighted by Crippen LogP contribution is 2.17. The van der Waals surface area contributed by atoms with Crippen LogP contribution in [0, 0.1) is 5.82 Å². The fourth-order valence-corrected chi connectivity index (χ4v) is 2.43. The fraction of sp³-hybridized carbons (Fsp3) is 0.304. The number of ether oxygens (including phenoxy) is 2. The molecule has 0 saturated heterocycles. The standard InChI is InChI=1S/C23H25F2NO4/c1-23(2,3)30-21(27)13-4-16(14-24)15-29-20-11-5-17(6-12-20)22(28)26-19-9-7-18(25)8-10-19/h5-12,14H,4,13,15H2,1-3H3,(H,26,28). The summed E-state index contributed by atoms with van der Waals surface area (Å²) in [5.74, 6) is -0.694. The summed E-state index contributed by atoms with van der Waals surface area (Å²) in [4.78, 5) is 24.0. The Kier molecular flexibility index (Phi) is 8.09. The first-order chi connectivity index (χ1) is 14.2. The molecule has 1 N–H and O–H groups in total. The second kappa shape index (κ2) is 10.5. The molecule has 0 bridgehead atoms. The van der Waals surface area contributed by atoms with Crippen molar-refractivity contribution in [1.29, 1.82) is 0 Å². The number of hydrogen-bond acceptors (Lipinski definition) is 4. The molecule has 0 radical (unpaired) electrons. The van der Waals surface area contributed by atoms with Crippen molar-refractivity contribution in [3.8, 4) is 5.75 Å². The lowest BCUT2D eigenvalue weighted by molar-refractivity contribution is -0.154. The van der Waals surface area contributed by atoms with Crippen LogP contribution in [0.5, 0.6) is 5.75 Å². The molecular formula is C23H25F2NO4. The largest absolute Gasteiger partial charge is 0.489 e. The van der Waals surface area contributed by atoms with Crippen LogP contribution >= 0.6 is 0 Å². The molecule has 0 spiro atoms. The minimum absolute atomic E-state index is 0.0274. The third-order valence-electron chi connectivity index (χ3n) is 3.87. The number of carbonyl (C=O) groups is 2. The summed E-state index contributed by atoms with van der Waals surface area (Å²) >= 11 is 0. The van der Waals surface area contributed by atoms with E-state index in [4.69, 9.17) is 9.47 Å². The van der Waals surface area contributed by atoms with Gasteiger partial charge in [-0.25, -0.2) is 8.78 Å². The van der Waals surface area contributed by atoms with Crippen molar-refractivity contribution >= 4 is 17.6 Å². The van der Waals surface area contributed by atoms with E-state index in [0.29, 0.717) is 28.9 Å². The number of carbonyl (C=O) groups excluding carboxylic acids is 2. The van der Waals surface area contributed by atoms with Crippen molar-refractivity contribution in [2.24, 2.45) is 0 Å². The van der Waals surface area contributed by atoms with Gasteiger partial charge in [-0.15, -0.1) is 0 Å². The Morgan fingerprint density at radius 3 is 2.20 bits per heavy atom. The number of amides is 1. The Hall–Kier alpha value is -3.22. The highest BCUT2D eigenvalue weighted by Gasteiger charge is 2.16. The predicted molar refractivity (Wildman–Crippen MR) is 111 cm³/mol. The molecule has 0 unspecified atom stereocenters. The Bertz CT molecular complexity index is 885. The van der Waals surface area contributed by atoms with E-state index in [1.54, 1.807) is 45.0 Å². The van der Waals surface area contributed by atoms with Crippen molar-refractivity contribution in [3.63, 3.8) is 0 Å². The summed E-state index contributed by atoms with van der Waals surface area (Å²) in [6.07, 6.45) is 0.664. The Labute approximate surface area is 174 Å². The second-order valence-corrected chi connectivity index (χ2v) is 7.63. The van der Waals surface area contributed by atoms with Gasteiger partial charge in [-0.1, -0.05) is 0 Å². The van der Waals surface area contributed by atoms with E-state index >= 15 is 0 Å². The SMILES string of the molecule is CC(C)(C)OC(=O)CCC(=CF)COc1ccc(C(=O)Nc2ccc(F)cc2)cc1. The Balaban J connectivity index is 1.83. The lowest BCUT2D eigenvalue weighted by atomic mass is 10.1. The Morgan fingerprint density at radius 2 is 1.63 bits per heavy atom. The molecule has 2 aromatic carbocycles. The maximum atomic E-state index is 13.1. The van der Waals surface area contributed by atoms with Crippen LogP contribution in [0.3, 0.4) is 0 Å². The quantitative estimate of drug-likeness (QED) is 0.582. The summed E-state index contributed by atoms with van der Waals surface area (Å²) < 4.78 is 36.7. The maximum absolute atomic E-state index is 13.1. The molecule has 0 aromatic heterocycles. The van der Waals surface area contributed by atoms with Crippen LogP contribution in [0.2, 0.25) is 0 Å². The van der Waals surface area contributed by atoms with Crippen LogP contribution < -0.4 is 10.1 Å². The number of nitrogens with one attached hydrogen (secondary N) is 1. The van der Waals surface area contributed by atoms with Gasteiger partial charge in [-0.3, -0.25) is 9.59 Å². The minimum atomic E-state index is -0.585. The predicted octanol–water partition coefficient (Wildman–Crippen LogP) is 5.43. The van der Waals surface area contributed by atoms with E-state index in [1.807, 2.05) is 0 Å². The zero-order valence-electron chi connectivity index (χ0n) is 17.2. The van der Waals surface area contributed by atoms with Gasteiger partial charge in [0, 0.05) is 17.7 Å². The molecule has 0 aliphatic carbocycles. The fourth-order valence-electron chi connectivity index (χ4n) is 2.43. The van der Waals surface area contributed by atoms with Gasteiger partial charge in [-0.05, 0) is 81.3 Å². The molecule has 160 valence electrons. The van der Waals surface area contributed by atoms with Crippen molar-refractivity contribution in [1.82, 2.24) is 0 Å². The molecule has 7 heteroatoms. The number of hydrogen-bond donors (Lipinski definition) is 1. The number of benzene rings is 2. The zero-order valence-corrected chi connectivity index (χ0v) is 17.2. The molecule has 0 heterocycles. The first kappa shape index (κ1) is 23.1. The van der Waals surface area contributed by atoms with Gasteiger partial charge < -0.3 is 14.8 Å². The Morgan fingerprint density at radius 1 is 1.00 bits per heavy atom. The van der Waals surface area contributed by atoms with E-state index in [9.17, 15) is 18.4 Å². The van der Waals surface area contributed by atoms with E-state index in [-0.39, 0.29) is 31.2 Å². The summed E-state index contributed by atoms with van der Waals surface area (Å²) in [5.41, 5.74) is 0.596. The molecule has 2 rings (SSSR count). The summed E-state index contributed by atoms with van der Waals surface area (Å²) in [6, 6.07) is 11.7. The topological polar surface area (TPSA) is 64.6 Å². The average molecular weight is 417 g/mol. The normalized spacial score (nSPS) is 11.7. The van der Waals surface area contributed by atoms with Crippen LogP contribution in [-0.2, 0) is 9.53 Å². The van der Waals surface area contributed by atoms with Gasteiger partial charge in [0.05, 0.1) is 6.33 Å². The van der Waals surface area contributed by atoms with Crippen LogP contribution in [-0.4, -0.2) is 24.1 Å². The second-order valence-electron chi connectivity index (χ2n) is 7.63. The molecular weight excluding hydrogens is 392 g/mol. The third kappa shape index (κ3) is 8.03. The molecule has 1 amide bonds. The lowest BCUT2D eigenvalue weighted by Crippen LogP contribution is -2.23. The summed E-state index contributed by atoms with van der Waals surface area (Å²) in [5, 5.41) is 2.66. The minimum Gasteiger partial charge on any atom is -0.489 e. The van der Waals surface area contributed by atoms with Crippen LogP contribution in [0.4, 0.5) is 14.5 Å². The number of halogens is 2. The zero-order chi connectivity index (χ0) is 22.1. The molecule has 2 aromatic rings. The van der Waals surface area contributed by atoms with Crippen molar-refractivity contribution in [2.45, 2.75) is 39.2 Å². The van der Waals surface area contributed by atoms with Crippen LogP contribution in [0.15, 0.2) is 60.4 Å². The number of esters is 1. The van der Waals surface area contributed by atoms with Gasteiger partial charge in [0.2, 0.25) is 0 Å². The smallest absolute Gasteiger partial charge is 0.306 e. The molecule has 0 saturated carbocycles. The monoisotopic (exact) mass is 417 g/mol. The first-order valence-electron chi connectivity index (χ1n) is 9.46. The summed E-state index contributed by atoms with van der Waals surface area (Å²) in [7, 11) is 0. The molecule has 5 nitrogen and oxygen atoms in total. The van der Waals surface area contributed by atoms with E-state index < -0.39 is 11.6 Å². The van der Waals surface area contributed by atoms with Crippen LogP contribution in [0.25, 0.3) is 0 Å². The first-order valence-corrected chi connectivity index (χ1v) is 9.46. The van der Waals surface area contributed by atoms with Gasteiger partial charge >= 0.3 is 5.97 Å². The maximum Gasteiger partial charge on any atom is 0.306 e. The highest BCUT2D eigenvalue weighted by molar-refractivity contribution is 6.04. The van der Waals surface area contributed by atoms with E-state index in [1.165, 1.54) is 24.3 Å².